The van der Waals surface area contributed by atoms with Crippen LogP contribution in [0.2, 0.25) is 0 Å². The predicted molar refractivity (Wildman–Crippen MR) is 175 cm³/mol. The van der Waals surface area contributed by atoms with Crippen molar-refractivity contribution in [3.05, 3.63) is 91.3 Å². The van der Waals surface area contributed by atoms with Gasteiger partial charge in [-0.1, -0.05) is 30.7 Å². The second-order valence-corrected chi connectivity index (χ2v) is 15.1. The van der Waals surface area contributed by atoms with Crippen LogP contribution in [-0.2, 0) is 6.42 Å². The SMILES string of the molecule is CC1=CCC[C@@]2(C)[C@@H](CC[C@@]2(O)CSc2nc(C)cc(C)c2C#N)c2ccc(cc2C(=O)c2ccc(C)s2)C[C@@H](O)CC1. The van der Waals surface area contributed by atoms with Gasteiger partial charge in [0.2, 0.25) is 5.78 Å². The van der Waals surface area contributed by atoms with Crippen LogP contribution in [0, 0.1) is 37.5 Å². The van der Waals surface area contributed by atoms with Gasteiger partial charge >= 0.3 is 0 Å². The van der Waals surface area contributed by atoms with Crippen LogP contribution in [0.25, 0.3) is 0 Å². The number of nitrogens with zero attached hydrogens (tertiary/aromatic N) is 2. The summed E-state index contributed by atoms with van der Waals surface area (Å²) in [5, 5.41) is 33.9. The molecule has 5 nitrogen and oxygen atoms in total. The Morgan fingerprint density at radius 1 is 1.14 bits per heavy atom. The highest BCUT2D eigenvalue weighted by atomic mass is 32.2. The molecule has 7 heteroatoms. The molecule has 0 saturated heterocycles. The fourth-order valence-corrected chi connectivity index (χ4v) is 9.32. The van der Waals surface area contributed by atoms with Gasteiger partial charge in [0.25, 0.3) is 0 Å². The summed E-state index contributed by atoms with van der Waals surface area (Å²) in [7, 11) is 0. The number of aromatic nitrogens is 1. The van der Waals surface area contributed by atoms with Crippen LogP contribution in [0.4, 0.5) is 0 Å². The molecule has 1 fully saturated rings. The van der Waals surface area contributed by atoms with Crippen molar-refractivity contribution in [1.82, 2.24) is 4.98 Å². The van der Waals surface area contributed by atoms with E-state index in [1.54, 1.807) is 0 Å². The Morgan fingerprint density at radius 2 is 1.93 bits per heavy atom. The summed E-state index contributed by atoms with van der Waals surface area (Å²) >= 11 is 2.98. The van der Waals surface area contributed by atoms with Gasteiger partial charge in [-0.15, -0.1) is 23.1 Å². The molecule has 1 saturated carbocycles. The molecule has 3 aliphatic carbocycles. The maximum absolute atomic E-state index is 14.1. The average Bonchev–Trinajstić information content (AvgIpc) is 3.50. The van der Waals surface area contributed by atoms with Crippen LogP contribution in [0.3, 0.4) is 0 Å². The number of nitriles is 1. The second kappa shape index (κ2) is 12.7. The standard InChI is InChI=1S/C36H42N2O3S2/c1-22-7-6-15-35(5)31(14-16-36(35,41)21-42-34-30(20-37)23(2)17-24(3)38-34)28-12-10-26(18-27(39)11-8-22)19-29(28)33(40)32-13-9-25(4)43-32/h7,9-10,12-13,17,19,27,31,39,41H,6,8,11,14-16,18,21H2,1-5H3/t27-,31-,35-,36+/m0/s1. The average molecular weight is 615 g/mol. The minimum atomic E-state index is -1.03. The van der Waals surface area contributed by atoms with Crippen molar-refractivity contribution in [2.24, 2.45) is 5.41 Å². The number of pyridine rings is 1. The van der Waals surface area contributed by atoms with Crippen molar-refractivity contribution >= 4 is 28.9 Å². The third-order valence-electron chi connectivity index (χ3n) is 9.75. The molecule has 0 spiro atoms. The largest absolute Gasteiger partial charge is 0.393 e. The Balaban J connectivity index is 1.58. The van der Waals surface area contributed by atoms with E-state index in [1.165, 1.54) is 28.7 Å². The number of hydrogen-bond acceptors (Lipinski definition) is 7. The third kappa shape index (κ3) is 6.40. The number of aliphatic hydroxyl groups excluding tert-OH is 1. The number of hydrogen-bond donors (Lipinski definition) is 2. The van der Waals surface area contributed by atoms with Crippen LogP contribution in [0.5, 0.6) is 0 Å². The van der Waals surface area contributed by atoms with Gasteiger partial charge in [0.15, 0.2) is 0 Å². The zero-order chi connectivity index (χ0) is 30.9. The Hall–Kier alpha value is -2.76. The van der Waals surface area contributed by atoms with Gasteiger partial charge in [0, 0.05) is 27.3 Å². The van der Waals surface area contributed by atoms with Gasteiger partial charge in [-0.2, -0.15) is 5.26 Å². The van der Waals surface area contributed by atoms with E-state index in [0.717, 1.165) is 52.9 Å². The molecule has 6 rings (SSSR count). The van der Waals surface area contributed by atoms with Gasteiger partial charge < -0.3 is 10.2 Å². The number of allylic oxidation sites excluding steroid dienone is 2. The number of benzene rings is 1. The summed E-state index contributed by atoms with van der Waals surface area (Å²) in [6.07, 6.45) is 6.69. The zero-order valence-electron chi connectivity index (χ0n) is 25.9. The lowest BCUT2D eigenvalue weighted by Gasteiger charge is -2.44. The zero-order valence-corrected chi connectivity index (χ0v) is 27.5. The molecular weight excluding hydrogens is 573 g/mol. The van der Waals surface area contributed by atoms with E-state index in [4.69, 9.17) is 0 Å². The Bertz CT molecular complexity index is 1600. The fourth-order valence-electron chi connectivity index (χ4n) is 7.09. The fraction of sp³-hybridized carbons (Fsp3) is 0.472. The molecule has 4 atom stereocenters. The Morgan fingerprint density at radius 3 is 2.65 bits per heavy atom. The van der Waals surface area contributed by atoms with Crippen LogP contribution in [0.1, 0.15) is 106 Å². The number of aryl methyl sites for hydroxylation is 3. The molecule has 43 heavy (non-hydrogen) atoms. The summed E-state index contributed by atoms with van der Waals surface area (Å²) in [4.78, 5) is 20.5. The highest BCUT2D eigenvalue weighted by Gasteiger charge is 2.56. The van der Waals surface area contributed by atoms with E-state index >= 15 is 0 Å². The molecule has 2 N–H and O–H groups in total. The summed E-state index contributed by atoms with van der Waals surface area (Å²) in [5.74, 6) is 0.402. The maximum Gasteiger partial charge on any atom is 0.203 e. The minimum Gasteiger partial charge on any atom is -0.393 e. The van der Waals surface area contributed by atoms with E-state index in [-0.39, 0.29) is 11.7 Å². The number of thiophene rings is 1. The van der Waals surface area contributed by atoms with E-state index in [1.807, 2.05) is 45.0 Å². The molecule has 2 heterocycles. The molecule has 0 aliphatic heterocycles. The topological polar surface area (TPSA) is 94.2 Å². The monoisotopic (exact) mass is 614 g/mol. The normalized spacial score (nSPS) is 26.0. The smallest absolute Gasteiger partial charge is 0.203 e. The van der Waals surface area contributed by atoms with E-state index in [2.05, 4.69) is 43.1 Å². The first kappa shape index (κ1) is 31.7. The molecule has 3 aliphatic rings. The number of fused-ring (bicyclic) bond motifs is 8. The number of thioether (sulfide) groups is 1. The van der Waals surface area contributed by atoms with E-state index < -0.39 is 17.1 Å². The van der Waals surface area contributed by atoms with Gasteiger partial charge in [-0.05, 0) is 120 Å². The van der Waals surface area contributed by atoms with Crippen molar-refractivity contribution < 1.29 is 15.0 Å². The molecular formula is C36H42N2O3S2. The summed E-state index contributed by atoms with van der Waals surface area (Å²) in [6.45, 7) is 10.2. The quantitative estimate of drug-likeness (QED) is 0.172. The number of ketones is 1. The molecule has 1 aromatic carbocycles. The summed E-state index contributed by atoms with van der Waals surface area (Å²) < 4.78 is 0. The van der Waals surface area contributed by atoms with Crippen LogP contribution in [0.15, 0.2) is 53.1 Å². The minimum absolute atomic E-state index is 0.0116. The Kier molecular flexibility index (Phi) is 9.34. The maximum atomic E-state index is 14.1. The lowest BCUT2D eigenvalue weighted by molar-refractivity contribution is -0.0422. The summed E-state index contributed by atoms with van der Waals surface area (Å²) in [5.41, 5.74) is 4.66. The predicted octanol–water partition coefficient (Wildman–Crippen LogP) is 8.00. The number of carbonyl (C=O) groups is 1. The van der Waals surface area contributed by atoms with Crippen LogP contribution < -0.4 is 0 Å². The van der Waals surface area contributed by atoms with Crippen molar-refractivity contribution in [2.75, 3.05) is 5.75 Å². The van der Waals surface area contributed by atoms with E-state index in [9.17, 15) is 20.3 Å². The first-order valence-corrected chi connectivity index (χ1v) is 17.1. The van der Waals surface area contributed by atoms with Gasteiger partial charge in [-0.3, -0.25) is 4.79 Å². The molecule has 3 aromatic rings. The number of rotatable bonds is 5. The van der Waals surface area contributed by atoms with Crippen molar-refractivity contribution in [3.63, 3.8) is 0 Å². The lowest BCUT2D eigenvalue weighted by atomic mass is 9.65. The van der Waals surface area contributed by atoms with Crippen molar-refractivity contribution in [1.29, 1.82) is 5.26 Å². The number of carbonyl (C=O) groups excluding carboxylic acids is 1. The second-order valence-electron chi connectivity index (χ2n) is 12.8. The first-order chi connectivity index (χ1) is 20.4. The summed E-state index contributed by atoms with van der Waals surface area (Å²) in [6, 6.07) is 14.3. The lowest BCUT2D eigenvalue weighted by Crippen LogP contribution is -2.46. The third-order valence-corrected chi connectivity index (χ3v) is 11.9. The van der Waals surface area contributed by atoms with Gasteiger partial charge in [0.05, 0.1) is 22.1 Å². The van der Waals surface area contributed by atoms with Crippen molar-refractivity contribution in [2.45, 2.75) is 102 Å². The van der Waals surface area contributed by atoms with Crippen LogP contribution >= 0.6 is 23.1 Å². The molecule has 226 valence electrons. The molecule has 0 unspecified atom stereocenters. The molecule has 0 radical (unpaired) electrons. The Labute approximate surface area is 264 Å². The first-order valence-electron chi connectivity index (χ1n) is 15.3. The van der Waals surface area contributed by atoms with Gasteiger partial charge in [0.1, 0.15) is 11.1 Å². The number of aliphatic hydroxyl groups is 2. The van der Waals surface area contributed by atoms with Crippen molar-refractivity contribution in [3.8, 4) is 6.07 Å². The highest BCUT2D eigenvalue weighted by molar-refractivity contribution is 7.99. The molecule has 2 aromatic heterocycles. The van der Waals surface area contributed by atoms with Crippen LogP contribution in [-0.4, -0.2) is 38.4 Å². The van der Waals surface area contributed by atoms with E-state index in [0.29, 0.717) is 46.0 Å². The molecule has 0 amide bonds. The van der Waals surface area contributed by atoms with Gasteiger partial charge in [-0.25, -0.2) is 4.98 Å². The highest BCUT2D eigenvalue weighted by Crippen LogP contribution is 2.59. The molecule has 2 bridgehead atoms.